The van der Waals surface area contributed by atoms with Crippen molar-refractivity contribution in [2.45, 2.75) is 137 Å². The maximum absolute atomic E-state index is 13.0. The number of thiazole rings is 1. The van der Waals surface area contributed by atoms with Crippen LogP contribution >= 0.6 is 11.3 Å². The van der Waals surface area contributed by atoms with E-state index in [4.69, 9.17) is 25.4 Å². The SMILES string of the molecule is CC(=O)CCCCCCCCN(C)CCOC12CC3(CN=C(C)/C(=C\N)c4ccc(N5CCCc6c5nnc(Nc5nc7ccccc7s5)c6C)nc4C(=O)O)C[C@@](C)(C1)C[C@](C)(C3)C2. The minimum absolute atomic E-state index is 0.00212. The molecule has 1 aliphatic heterocycles. The summed E-state index contributed by atoms with van der Waals surface area (Å²) in [5, 5.41) is 24.0. The van der Waals surface area contributed by atoms with E-state index in [0.29, 0.717) is 59.6 Å². The molecule has 3 aromatic heterocycles. The Balaban J connectivity index is 0.930. The molecule has 0 spiro atoms. The van der Waals surface area contributed by atoms with Gasteiger partial charge in [-0.2, -0.15) is 0 Å². The standard InChI is InChI=1S/C51H69N9O4S/c1-34(61)16-11-9-7-8-10-14-22-59(6)24-25-64-51-30-48(4)27-49(5,31-51)29-50(28-48,32-51)33-53-36(3)39(26-52)38-20-21-42(55-43(38)46(62)63)60-23-15-17-37-35(2)44(57-58-45(37)60)56-47-54-40-18-12-13-19-41(40)65-47/h12-13,18-21,26H,7-11,14-17,22-25,27-33,52H2,1-6H3,(H,62,63)(H,54,56,57)/b39-26+,53-36?/t48-,49+,50?,51?. The van der Waals surface area contributed by atoms with Gasteiger partial charge in [-0.3, -0.25) is 4.99 Å². The van der Waals surface area contributed by atoms with Gasteiger partial charge in [0.1, 0.15) is 11.6 Å². The van der Waals surface area contributed by atoms with Gasteiger partial charge in [0.25, 0.3) is 0 Å². The van der Waals surface area contributed by atoms with Crippen LogP contribution < -0.4 is 16.0 Å². The highest BCUT2D eigenvalue weighted by Crippen LogP contribution is 2.71. The maximum atomic E-state index is 13.0. The van der Waals surface area contributed by atoms with Crippen molar-refractivity contribution in [3.63, 3.8) is 0 Å². The summed E-state index contributed by atoms with van der Waals surface area (Å²) in [7, 11) is 2.21. The third-order valence-electron chi connectivity index (χ3n) is 14.6. The Hall–Kier alpha value is -4.79. The van der Waals surface area contributed by atoms with Gasteiger partial charge in [0.2, 0.25) is 0 Å². The first-order valence-corrected chi connectivity index (χ1v) is 24.7. The summed E-state index contributed by atoms with van der Waals surface area (Å²) in [5.74, 6) is 0.999. The number of carbonyl (C=O) groups excluding carboxylic acids is 1. The molecule has 14 heteroatoms. The second-order valence-corrected chi connectivity index (χ2v) is 21.8. The summed E-state index contributed by atoms with van der Waals surface area (Å²) in [6.07, 6.45) is 17.5. The minimum atomic E-state index is -1.13. The molecule has 4 bridgehead atoms. The number of carboxylic acid groups (broad SMARTS) is 1. The molecule has 0 saturated heterocycles. The number of anilines is 4. The van der Waals surface area contributed by atoms with Crippen LogP contribution in [0.1, 0.15) is 145 Å². The number of carbonyl (C=O) groups is 2. The van der Waals surface area contributed by atoms with Crippen LogP contribution in [-0.4, -0.2) is 93.1 Å². The number of allylic oxidation sites excluding steroid dienone is 1. The molecular formula is C51H69N9O4S. The number of ketones is 1. The van der Waals surface area contributed by atoms with Crippen molar-refractivity contribution in [2.75, 3.05) is 50.1 Å². The normalized spacial score (nSPS) is 25.1. The fourth-order valence-electron chi connectivity index (χ4n) is 12.8. The van der Waals surface area contributed by atoms with Crippen molar-refractivity contribution in [1.29, 1.82) is 0 Å². The van der Waals surface area contributed by atoms with Gasteiger partial charge in [0, 0.05) is 60.2 Å². The molecule has 0 radical (unpaired) electrons. The molecule has 4 atom stereocenters. The number of ether oxygens (including phenoxy) is 1. The van der Waals surface area contributed by atoms with E-state index in [0.717, 1.165) is 104 Å². The highest BCUT2D eigenvalue weighted by Gasteiger charge is 2.66. The molecule has 4 heterocycles. The zero-order valence-electron chi connectivity index (χ0n) is 39.5. The summed E-state index contributed by atoms with van der Waals surface area (Å²) < 4.78 is 8.13. The molecule has 1 aromatic carbocycles. The van der Waals surface area contributed by atoms with E-state index in [1.54, 1.807) is 18.3 Å². The zero-order valence-corrected chi connectivity index (χ0v) is 40.3. The van der Waals surface area contributed by atoms with Crippen molar-refractivity contribution in [1.82, 2.24) is 25.1 Å². The lowest BCUT2D eigenvalue weighted by Gasteiger charge is -2.69. The fourth-order valence-corrected chi connectivity index (χ4v) is 13.7. The van der Waals surface area contributed by atoms with Crippen LogP contribution in [0.4, 0.5) is 22.6 Å². The number of fused-ring (bicyclic) bond motifs is 2. The predicted octanol–water partition coefficient (Wildman–Crippen LogP) is 10.5. The number of hydrogen-bond acceptors (Lipinski definition) is 13. The number of aliphatic imine (C=N–C) groups is 1. The molecule has 5 aliphatic rings. The Morgan fingerprint density at radius 3 is 2.42 bits per heavy atom. The summed E-state index contributed by atoms with van der Waals surface area (Å²) in [6, 6.07) is 11.7. The zero-order chi connectivity index (χ0) is 46.0. The molecule has 4 saturated carbocycles. The van der Waals surface area contributed by atoms with Crippen molar-refractivity contribution in [3.05, 3.63) is 65.0 Å². The average molecular weight is 904 g/mol. The first-order chi connectivity index (χ1) is 31.1. The number of Topliss-reactive ketones (excluding diaryl/α,β-unsaturated/α-hetero) is 1. The highest BCUT2D eigenvalue weighted by atomic mass is 32.1. The largest absolute Gasteiger partial charge is 0.476 e. The first kappa shape index (κ1) is 46.7. The van der Waals surface area contributed by atoms with Gasteiger partial charge in [-0.05, 0) is 139 Å². The molecule has 0 amide bonds. The van der Waals surface area contributed by atoms with Gasteiger partial charge in [-0.1, -0.05) is 63.0 Å². The number of pyridine rings is 1. The van der Waals surface area contributed by atoms with Gasteiger partial charge in [-0.25, -0.2) is 14.8 Å². The number of nitrogens with two attached hydrogens (primary N) is 1. The number of carboxylic acids is 1. The summed E-state index contributed by atoms with van der Waals surface area (Å²) in [6.45, 7) is 14.6. The van der Waals surface area contributed by atoms with E-state index >= 15 is 0 Å². The lowest BCUT2D eigenvalue weighted by atomic mass is 9.39. The van der Waals surface area contributed by atoms with Crippen molar-refractivity contribution in [3.8, 4) is 0 Å². The van der Waals surface area contributed by atoms with Crippen LogP contribution in [0.3, 0.4) is 0 Å². The molecule has 348 valence electrons. The smallest absolute Gasteiger partial charge is 0.355 e. The minimum Gasteiger partial charge on any atom is -0.476 e. The van der Waals surface area contributed by atoms with E-state index in [2.05, 4.69) is 47.4 Å². The molecule has 4 aromatic rings. The number of benzene rings is 1. The third kappa shape index (κ3) is 10.4. The molecule has 2 unspecified atom stereocenters. The molecule has 65 heavy (non-hydrogen) atoms. The van der Waals surface area contributed by atoms with Crippen LogP contribution in [0.2, 0.25) is 0 Å². The van der Waals surface area contributed by atoms with Crippen LogP contribution in [-0.2, 0) is 16.0 Å². The summed E-state index contributed by atoms with van der Waals surface area (Å²) in [4.78, 5) is 43.3. The van der Waals surface area contributed by atoms with Gasteiger partial charge < -0.3 is 35.5 Å². The van der Waals surface area contributed by atoms with Crippen LogP contribution in [0.25, 0.3) is 15.8 Å². The number of para-hydroxylation sites is 1. The highest BCUT2D eigenvalue weighted by molar-refractivity contribution is 7.22. The number of nitrogens with zero attached hydrogens (tertiary/aromatic N) is 7. The number of likely N-dealkylation sites (N-methyl/N-ethyl adjacent to an activating group) is 1. The number of nitrogens with one attached hydrogen (secondary N) is 1. The molecule has 9 rings (SSSR count). The topological polar surface area (TPSA) is 172 Å². The van der Waals surface area contributed by atoms with Crippen LogP contribution in [0.15, 0.2) is 47.6 Å². The predicted molar refractivity (Wildman–Crippen MR) is 262 cm³/mol. The van der Waals surface area contributed by atoms with E-state index in [-0.39, 0.29) is 27.5 Å². The average Bonchev–Trinajstić information content (AvgIpc) is 3.66. The Kier molecular flexibility index (Phi) is 13.8. The summed E-state index contributed by atoms with van der Waals surface area (Å²) in [5.41, 5.74) is 11.2. The molecule has 4 aliphatic carbocycles. The first-order valence-electron chi connectivity index (χ1n) is 23.9. The molecule has 13 nitrogen and oxygen atoms in total. The molecule has 4 N–H and O–H groups in total. The van der Waals surface area contributed by atoms with E-state index in [1.807, 2.05) is 49.1 Å². The second-order valence-electron chi connectivity index (χ2n) is 20.8. The quantitative estimate of drug-likeness (QED) is 0.0535. The Morgan fingerprint density at radius 1 is 0.954 bits per heavy atom. The van der Waals surface area contributed by atoms with Gasteiger partial charge in [0.15, 0.2) is 22.5 Å². The number of unbranched alkanes of at least 4 members (excludes halogenated alkanes) is 5. The van der Waals surface area contributed by atoms with E-state index < -0.39 is 5.97 Å². The van der Waals surface area contributed by atoms with Crippen molar-refractivity contribution in [2.24, 2.45) is 27.0 Å². The Labute approximate surface area is 388 Å². The number of aromatic carboxylic acids is 1. The Bertz CT molecular complexity index is 2410. The molecule has 4 fully saturated rings. The van der Waals surface area contributed by atoms with Crippen LogP contribution in [0.5, 0.6) is 0 Å². The monoisotopic (exact) mass is 904 g/mol. The number of rotatable bonds is 21. The van der Waals surface area contributed by atoms with Crippen molar-refractivity contribution < 1.29 is 19.4 Å². The lowest BCUT2D eigenvalue weighted by molar-refractivity contribution is -0.242. The van der Waals surface area contributed by atoms with Gasteiger partial charge in [0.05, 0.1) is 22.4 Å². The maximum Gasteiger partial charge on any atom is 0.355 e. The number of aromatic nitrogens is 4. The van der Waals surface area contributed by atoms with Crippen LogP contribution in [0, 0.1) is 23.2 Å². The third-order valence-corrected chi connectivity index (χ3v) is 15.6. The lowest BCUT2D eigenvalue weighted by Crippen LogP contribution is -2.64. The van der Waals surface area contributed by atoms with Gasteiger partial charge >= 0.3 is 5.97 Å². The van der Waals surface area contributed by atoms with E-state index in [9.17, 15) is 14.7 Å². The number of hydrogen-bond donors (Lipinski definition) is 3. The fraction of sp³-hybridized carbons (Fsp3) is 0.588. The molecular weight excluding hydrogens is 835 g/mol. The summed E-state index contributed by atoms with van der Waals surface area (Å²) >= 11 is 1.57. The Morgan fingerprint density at radius 2 is 1.69 bits per heavy atom. The van der Waals surface area contributed by atoms with Crippen molar-refractivity contribution >= 4 is 67.2 Å². The van der Waals surface area contributed by atoms with Gasteiger partial charge in [-0.15, -0.1) is 10.2 Å². The second kappa shape index (κ2) is 19.2. The van der Waals surface area contributed by atoms with E-state index in [1.165, 1.54) is 38.3 Å².